The average molecular weight is 329 g/mol. The molecule has 4 nitrogen and oxygen atoms in total. The van der Waals surface area contributed by atoms with Gasteiger partial charge in [-0.1, -0.05) is 37.3 Å². The van der Waals surface area contributed by atoms with E-state index in [1.807, 2.05) is 11.0 Å². The summed E-state index contributed by atoms with van der Waals surface area (Å²) in [5, 5.41) is 9.11. The maximum atomic E-state index is 12.9. The van der Waals surface area contributed by atoms with Crippen molar-refractivity contribution in [2.45, 2.75) is 50.9 Å². The van der Waals surface area contributed by atoms with Gasteiger partial charge in [-0.15, -0.1) is 0 Å². The second-order valence-corrected chi connectivity index (χ2v) is 7.68. The molecule has 1 aliphatic heterocycles. The molecule has 24 heavy (non-hydrogen) atoms. The minimum absolute atomic E-state index is 0.0127. The van der Waals surface area contributed by atoms with Crippen LogP contribution < -0.4 is 0 Å². The highest BCUT2D eigenvalue weighted by Gasteiger charge is 2.38. The van der Waals surface area contributed by atoms with Gasteiger partial charge in [-0.05, 0) is 44.1 Å². The zero-order chi connectivity index (χ0) is 17.2. The molecule has 1 amide bonds. The third kappa shape index (κ3) is 3.47. The number of aliphatic carboxylic acids is 1. The molecular weight excluding hydrogens is 302 g/mol. The van der Waals surface area contributed by atoms with Crippen LogP contribution in [-0.2, 0) is 15.0 Å². The van der Waals surface area contributed by atoms with Gasteiger partial charge in [0.2, 0.25) is 5.91 Å². The molecule has 130 valence electrons. The van der Waals surface area contributed by atoms with E-state index >= 15 is 0 Å². The molecule has 0 unspecified atom stereocenters. The van der Waals surface area contributed by atoms with E-state index in [0.29, 0.717) is 25.7 Å². The summed E-state index contributed by atoms with van der Waals surface area (Å²) in [6, 6.07) is 10.5. The Balaban J connectivity index is 1.65. The smallest absolute Gasteiger partial charge is 0.306 e. The summed E-state index contributed by atoms with van der Waals surface area (Å²) in [6.07, 6.45) is 4.84. The van der Waals surface area contributed by atoms with Crippen molar-refractivity contribution < 1.29 is 14.7 Å². The fraction of sp³-hybridized carbons (Fsp3) is 0.600. The average Bonchev–Trinajstić information content (AvgIpc) is 2.62. The van der Waals surface area contributed by atoms with Gasteiger partial charge in [0.1, 0.15) is 0 Å². The second kappa shape index (κ2) is 6.96. The molecule has 2 aliphatic rings. The quantitative estimate of drug-likeness (QED) is 0.924. The summed E-state index contributed by atoms with van der Waals surface area (Å²) < 4.78 is 0. The number of carboxylic acids is 1. The van der Waals surface area contributed by atoms with E-state index in [4.69, 9.17) is 5.11 Å². The topological polar surface area (TPSA) is 57.6 Å². The summed E-state index contributed by atoms with van der Waals surface area (Å²) in [5.41, 5.74) is 1.32. The molecule has 1 heterocycles. The van der Waals surface area contributed by atoms with E-state index in [2.05, 4.69) is 31.2 Å². The Kier molecular flexibility index (Phi) is 4.93. The van der Waals surface area contributed by atoms with E-state index in [-0.39, 0.29) is 23.2 Å². The number of hydrogen-bond acceptors (Lipinski definition) is 2. The highest BCUT2D eigenvalue weighted by molar-refractivity contribution is 5.79. The van der Waals surface area contributed by atoms with E-state index in [9.17, 15) is 9.59 Å². The predicted octanol–water partition coefficient (Wildman–Crippen LogP) is 3.46. The normalized spacial score (nSPS) is 30.8. The summed E-state index contributed by atoms with van der Waals surface area (Å²) >= 11 is 0. The van der Waals surface area contributed by atoms with Gasteiger partial charge >= 0.3 is 5.97 Å². The highest BCUT2D eigenvalue weighted by atomic mass is 16.4. The minimum atomic E-state index is -0.712. The number of carbonyl (C=O) groups excluding carboxylic acids is 1. The lowest BCUT2D eigenvalue weighted by molar-refractivity contribution is -0.146. The molecular formula is C20H27NO3. The van der Waals surface area contributed by atoms with Crippen LogP contribution in [0.25, 0.3) is 0 Å². The zero-order valence-electron chi connectivity index (χ0n) is 14.4. The summed E-state index contributed by atoms with van der Waals surface area (Å²) in [5.74, 6) is -0.722. The largest absolute Gasteiger partial charge is 0.481 e. The SMILES string of the molecule is C[C@]1(c2ccccc2)CCCN(C(=O)C2CCC(C(=O)O)CC2)C1. The van der Waals surface area contributed by atoms with Gasteiger partial charge in [-0.2, -0.15) is 0 Å². The van der Waals surface area contributed by atoms with Gasteiger partial charge in [0.25, 0.3) is 0 Å². The van der Waals surface area contributed by atoms with Gasteiger partial charge in [0.05, 0.1) is 5.92 Å². The molecule has 2 fully saturated rings. The predicted molar refractivity (Wildman–Crippen MR) is 92.7 cm³/mol. The van der Waals surface area contributed by atoms with E-state index in [1.165, 1.54) is 5.56 Å². The van der Waals surface area contributed by atoms with Gasteiger partial charge < -0.3 is 10.0 Å². The summed E-state index contributed by atoms with van der Waals surface area (Å²) in [6.45, 7) is 3.86. The number of carbonyl (C=O) groups is 2. The lowest BCUT2D eigenvalue weighted by Crippen LogP contribution is -2.49. The highest BCUT2D eigenvalue weighted by Crippen LogP contribution is 2.36. The summed E-state index contributed by atoms with van der Waals surface area (Å²) in [7, 11) is 0. The Hall–Kier alpha value is -1.84. The van der Waals surface area contributed by atoms with Crippen LogP contribution in [0.3, 0.4) is 0 Å². The van der Waals surface area contributed by atoms with Crippen molar-refractivity contribution in [1.29, 1.82) is 0 Å². The van der Waals surface area contributed by atoms with Gasteiger partial charge in [-0.25, -0.2) is 0 Å². The number of piperidine rings is 1. The van der Waals surface area contributed by atoms with Crippen molar-refractivity contribution in [3.05, 3.63) is 35.9 Å². The molecule has 1 saturated heterocycles. The maximum absolute atomic E-state index is 12.9. The second-order valence-electron chi connectivity index (χ2n) is 7.68. The van der Waals surface area contributed by atoms with Crippen LogP contribution >= 0.6 is 0 Å². The van der Waals surface area contributed by atoms with Crippen LogP contribution in [0.1, 0.15) is 51.0 Å². The fourth-order valence-electron chi connectivity index (χ4n) is 4.35. The van der Waals surface area contributed by atoms with Gasteiger partial charge in [0.15, 0.2) is 0 Å². The lowest BCUT2D eigenvalue weighted by atomic mass is 9.75. The number of rotatable bonds is 3. The summed E-state index contributed by atoms with van der Waals surface area (Å²) in [4.78, 5) is 26.0. The van der Waals surface area contributed by atoms with E-state index in [1.54, 1.807) is 0 Å². The van der Waals surface area contributed by atoms with E-state index < -0.39 is 5.97 Å². The van der Waals surface area contributed by atoms with Crippen LogP contribution in [0.5, 0.6) is 0 Å². The maximum Gasteiger partial charge on any atom is 0.306 e. The van der Waals surface area contributed by atoms with Crippen LogP contribution in [0.2, 0.25) is 0 Å². The number of benzene rings is 1. The van der Waals surface area contributed by atoms with E-state index in [0.717, 1.165) is 25.9 Å². The first-order chi connectivity index (χ1) is 11.5. The molecule has 1 atom stereocenters. The fourth-order valence-corrected chi connectivity index (χ4v) is 4.35. The van der Waals surface area contributed by atoms with Crippen LogP contribution in [0.15, 0.2) is 30.3 Å². The molecule has 1 aromatic rings. The van der Waals surface area contributed by atoms with Gasteiger partial charge in [0, 0.05) is 24.4 Å². The third-order valence-electron chi connectivity index (χ3n) is 5.90. The number of nitrogens with zero attached hydrogens (tertiary/aromatic N) is 1. The number of likely N-dealkylation sites (tertiary alicyclic amines) is 1. The molecule has 4 heteroatoms. The molecule has 0 spiro atoms. The first kappa shape index (κ1) is 17.0. The monoisotopic (exact) mass is 329 g/mol. The molecule has 1 aromatic carbocycles. The van der Waals surface area contributed by atoms with Crippen molar-refractivity contribution in [2.75, 3.05) is 13.1 Å². The van der Waals surface area contributed by atoms with Crippen molar-refractivity contribution >= 4 is 11.9 Å². The first-order valence-electron chi connectivity index (χ1n) is 9.07. The molecule has 1 N–H and O–H groups in total. The first-order valence-corrected chi connectivity index (χ1v) is 9.07. The number of carboxylic acid groups (broad SMARTS) is 1. The van der Waals surface area contributed by atoms with Crippen molar-refractivity contribution in [3.8, 4) is 0 Å². The molecule has 0 bridgehead atoms. The molecule has 0 radical (unpaired) electrons. The molecule has 1 saturated carbocycles. The molecule has 1 aliphatic carbocycles. The minimum Gasteiger partial charge on any atom is -0.481 e. The van der Waals surface area contributed by atoms with Crippen molar-refractivity contribution in [2.24, 2.45) is 11.8 Å². The van der Waals surface area contributed by atoms with Crippen LogP contribution in [-0.4, -0.2) is 35.0 Å². The lowest BCUT2D eigenvalue weighted by Gasteiger charge is -2.42. The van der Waals surface area contributed by atoms with Crippen molar-refractivity contribution in [1.82, 2.24) is 4.90 Å². The Bertz CT molecular complexity index is 592. The zero-order valence-corrected chi connectivity index (χ0v) is 14.4. The van der Waals surface area contributed by atoms with Crippen molar-refractivity contribution in [3.63, 3.8) is 0 Å². The molecule has 0 aromatic heterocycles. The van der Waals surface area contributed by atoms with Gasteiger partial charge in [-0.3, -0.25) is 9.59 Å². The Morgan fingerprint density at radius 3 is 2.33 bits per heavy atom. The third-order valence-corrected chi connectivity index (χ3v) is 5.90. The molecule has 3 rings (SSSR count). The van der Waals surface area contributed by atoms with Crippen LogP contribution in [0, 0.1) is 11.8 Å². The standard InChI is InChI=1S/C20H27NO3/c1-20(17-6-3-2-4-7-17)12-5-13-21(14-20)18(22)15-8-10-16(11-9-15)19(23)24/h2-4,6-7,15-16H,5,8-14H2,1H3,(H,23,24)/t15?,16?,20-/m0/s1. The Labute approximate surface area is 143 Å². The van der Waals surface area contributed by atoms with Crippen LogP contribution in [0.4, 0.5) is 0 Å². The number of amides is 1. The Morgan fingerprint density at radius 2 is 1.71 bits per heavy atom. The Morgan fingerprint density at radius 1 is 1.08 bits per heavy atom. The number of hydrogen-bond donors (Lipinski definition) is 1.